The minimum absolute atomic E-state index is 0.0465. The van der Waals surface area contributed by atoms with Crippen LogP contribution < -0.4 is 15.2 Å². The molecule has 0 aliphatic carbocycles. The molecule has 0 saturated heterocycles. The maximum atomic E-state index is 10.9. The predicted octanol–water partition coefficient (Wildman–Crippen LogP) is 1.17. The summed E-state index contributed by atoms with van der Waals surface area (Å²) in [5, 5.41) is 12.9. The average molecular weight is 263 g/mol. The predicted molar refractivity (Wildman–Crippen MR) is 68.0 cm³/mol. The van der Waals surface area contributed by atoms with Crippen LogP contribution in [0.4, 0.5) is 5.82 Å². The van der Waals surface area contributed by atoms with Crippen LogP contribution in [0.25, 0.3) is 5.69 Å². The van der Waals surface area contributed by atoms with E-state index in [4.69, 9.17) is 20.3 Å². The van der Waals surface area contributed by atoms with Gasteiger partial charge in [-0.25, -0.2) is 9.48 Å². The number of hydrogen-bond donors (Lipinski definition) is 2. The summed E-state index contributed by atoms with van der Waals surface area (Å²) >= 11 is 0. The number of methoxy groups -OCH3 is 2. The van der Waals surface area contributed by atoms with Crippen molar-refractivity contribution in [2.24, 2.45) is 0 Å². The van der Waals surface area contributed by atoms with E-state index in [1.807, 2.05) is 0 Å². The van der Waals surface area contributed by atoms with Gasteiger partial charge in [0.1, 0.15) is 11.4 Å². The molecule has 7 nitrogen and oxygen atoms in total. The zero-order valence-electron chi connectivity index (χ0n) is 10.5. The number of carboxylic acids is 1. The third-order valence-electron chi connectivity index (χ3n) is 2.65. The molecule has 0 saturated carbocycles. The van der Waals surface area contributed by atoms with E-state index in [0.29, 0.717) is 17.2 Å². The van der Waals surface area contributed by atoms with Gasteiger partial charge in [0.15, 0.2) is 11.5 Å². The summed E-state index contributed by atoms with van der Waals surface area (Å²) in [6.07, 6.45) is 1.20. The highest BCUT2D eigenvalue weighted by atomic mass is 16.5. The number of aromatic carboxylic acids is 1. The average Bonchev–Trinajstić information content (AvgIpc) is 2.80. The smallest absolute Gasteiger partial charge is 0.341 e. The Labute approximate surface area is 109 Å². The lowest BCUT2D eigenvalue weighted by Gasteiger charge is -2.10. The van der Waals surface area contributed by atoms with E-state index in [2.05, 4.69) is 5.10 Å². The van der Waals surface area contributed by atoms with Gasteiger partial charge >= 0.3 is 5.97 Å². The van der Waals surface area contributed by atoms with Crippen LogP contribution in [0.15, 0.2) is 24.4 Å². The maximum absolute atomic E-state index is 10.9. The number of carbonyl (C=O) groups is 1. The lowest BCUT2D eigenvalue weighted by atomic mass is 10.2. The first kappa shape index (κ1) is 12.7. The Morgan fingerprint density at radius 3 is 2.53 bits per heavy atom. The van der Waals surface area contributed by atoms with Crippen molar-refractivity contribution < 1.29 is 19.4 Å². The third kappa shape index (κ3) is 2.17. The lowest BCUT2D eigenvalue weighted by Crippen LogP contribution is -2.06. The Bertz CT molecular complexity index is 621. The minimum atomic E-state index is -1.12. The van der Waals surface area contributed by atoms with E-state index in [-0.39, 0.29) is 11.4 Å². The summed E-state index contributed by atoms with van der Waals surface area (Å²) in [5.41, 5.74) is 6.29. The zero-order valence-corrected chi connectivity index (χ0v) is 10.5. The number of carboxylic acid groups (broad SMARTS) is 1. The topological polar surface area (TPSA) is 99.6 Å². The molecule has 1 aromatic carbocycles. The van der Waals surface area contributed by atoms with E-state index in [0.717, 1.165) is 0 Å². The van der Waals surface area contributed by atoms with Crippen LogP contribution in [0.3, 0.4) is 0 Å². The second-order valence-corrected chi connectivity index (χ2v) is 3.70. The van der Waals surface area contributed by atoms with Gasteiger partial charge in [0, 0.05) is 6.07 Å². The molecule has 0 radical (unpaired) electrons. The molecule has 2 rings (SSSR count). The Hall–Kier alpha value is -2.70. The quantitative estimate of drug-likeness (QED) is 0.858. The molecule has 0 aliphatic rings. The maximum Gasteiger partial charge on any atom is 0.341 e. The molecule has 19 heavy (non-hydrogen) atoms. The van der Waals surface area contributed by atoms with Gasteiger partial charge in [-0.2, -0.15) is 5.10 Å². The molecular weight excluding hydrogens is 250 g/mol. The van der Waals surface area contributed by atoms with Crippen LogP contribution in [-0.2, 0) is 0 Å². The summed E-state index contributed by atoms with van der Waals surface area (Å²) in [7, 11) is 3.04. The molecule has 100 valence electrons. The van der Waals surface area contributed by atoms with Crippen molar-refractivity contribution in [1.82, 2.24) is 9.78 Å². The number of hydrogen-bond acceptors (Lipinski definition) is 5. The molecule has 0 aliphatic heterocycles. The van der Waals surface area contributed by atoms with E-state index in [9.17, 15) is 4.79 Å². The summed E-state index contributed by atoms with van der Waals surface area (Å²) < 4.78 is 11.6. The number of benzene rings is 1. The van der Waals surface area contributed by atoms with E-state index in [1.165, 1.54) is 25.1 Å². The van der Waals surface area contributed by atoms with Crippen LogP contribution in [0, 0.1) is 0 Å². The second-order valence-electron chi connectivity index (χ2n) is 3.70. The lowest BCUT2D eigenvalue weighted by molar-refractivity contribution is 0.0698. The van der Waals surface area contributed by atoms with E-state index >= 15 is 0 Å². The molecular formula is C12H13N3O4. The molecule has 1 heterocycles. The van der Waals surface area contributed by atoms with Gasteiger partial charge in [0.05, 0.1) is 26.1 Å². The van der Waals surface area contributed by atoms with Crippen LogP contribution in [0.2, 0.25) is 0 Å². The Morgan fingerprint density at radius 1 is 1.32 bits per heavy atom. The van der Waals surface area contributed by atoms with Gasteiger partial charge in [0.25, 0.3) is 0 Å². The highest BCUT2D eigenvalue weighted by Crippen LogP contribution is 2.30. The Kier molecular flexibility index (Phi) is 3.28. The highest BCUT2D eigenvalue weighted by Gasteiger charge is 2.16. The molecule has 0 amide bonds. The fraction of sp³-hybridized carbons (Fsp3) is 0.167. The fourth-order valence-corrected chi connectivity index (χ4v) is 1.69. The van der Waals surface area contributed by atoms with Crippen LogP contribution >= 0.6 is 0 Å². The van der Waals surface area contributed by atoms with Crippen molar-refractivity contribution in [2.75, 3.05) is 20.0 Å². The number of rotatable bonds is 4. The number of nitrogen functional groups attached to an aromatic ring is 1. The normalized spacial score (nSPS) is 10.2. The van der Waals surface area contributed by atoms with Gasteiger partial charge in [-0.05, 0) is 12.1 Å². The van der Waals surface area contributed by atoms with Gasteiger partial charge in [0.2, 0.25) is 0 Å². The SMILES string of the molecule is COc1ccc(-n2ncc(C(=O)O)c2N)cc1OC. The summed E-state index contributed by atoms with van der Waals surface area (Å²) in [6, 6.07) is 5.06. The first-order chi connectivity index (χ1) is 9.08. The molecule has 0 bridgehead atoms. The molecule has 3 N–H and O–H groups in total. The van der Waals surface area contributed by atoms with Crippen molar-refractivity contribution >= 4 is 11.8 Å². The van der Waals surface area contributed by atoms with E-state index in [1.54, 1.807) is 18.2 Å². The van der Waals surface area contributed by atoms with Gasteiger partial charge in [-0.1, -0.05) is 0 Å². The van der Waals surface area contributed by atoms with Gasteiger partial charge < -0.3 is 20.3 Å². The van der Waals surface area contributed by atoms with Crippen molar-refractivity contribution in [3.05, 3.63) is 30.0 Å². The highest BCUT2D eigenvalue weighted by molar-refractivity contribution is 5.92. The third-order valence-corrected chi connectivity index (χ3v) is 2.65. The molecule has 7 heteroatoms. The molecule has 0 atom stereocenters. The van der Waals surface area contributed by atoms with E-state index < -0.39 is 5.97 Å². The first-order valence-electron chi connectivity index (χ1n) is 5.37. The largest absolute Gasteiger partial charge is 0.493 e. The Balaban J connectivity index is 2.50. The number of anilines is 1. The standard InChI is InChI=1S/C12H13N3O4/c1-18-9-4-3-7(5-10(9)19-2)15-11(13)8(6-14-15)12(16)17/h3-6H,13H2,1-2H3,(H,16,17). The number of ether oxygens (including phenoxy) is 2. The number of nitrogens with two attached hydrogens (primary N) is 1. The Morgan fingerprint density at radius 2 is 2.00 bits per heavy atom. The molecule has 0 unspecified atom stereocenters. The van der Waals surface area contributed by atoms with Crippen LogP contribution in [-0.4, -0.2) is 35.1 Å². The van der Waals surface area contributed by atoms with Crippen molar-refractivity contribution in [3.8, 4) is 17.2 Å². The summed E-state index contributed by atoms with van der Waals surface area (Å²) in [4.78, 5) is 10.9. The molecule has 2 aromatic rings. The monoisotopic (exact) mass is 263 g/mol. The number of nitrogens with zero attached hydrogens (tertiary/aromatic N) is 2. The zero-order chi connectivity index (χ0) is 14.0. The van der Waals surface area contributed by atoms with Crippen molar-refractivity contribution in [1.29, 1.82) is 0 Å². The molecule has 0 fully saturated rings. The molecule has 0 spiro atoms. The van der Waals surface area contributed by atoms with Gasteiger partial charge in [-0.15, -0.1) is 0 Å². The number of aromatic nitrogens is 2. The first-order valence-corrected chi connectivity index (χ1v) is 5.37. The van der Waals surface area contributed by atoms with Crippen LogP contribution in [0.1, 0.15) is 10.4 Å². The van der Waals surface area contributed by atoms with Gasteiger partial charge in [-0.3, -0.25) is 0 Å². The summed E-state index contributed by atoms with van der Waals surface area (Å²) in [6.45, 7) is 0. The van der Waals surface area contributed by atoms with Crippen molar-refractivity contribution in [2.45, 2.75) is 0 Å². The van der Waals surface area contributed by atoms with Crippen molar-refractivity contribution in [3.63, 3.8) is 0 Å². The second kappa shape index (κ2) is 4.89. The fourth-order valence-electron chi connectivity index (χ4n) is 1.69. The molecule has 1 aromatic heterocycles. The summed E-state index contributed by atoms with van der Waals surface area (Å²) in [5.74, 6) is 0.00570. The minimum Gasteiger partial charge on any atom is -0.493 e. The van der Waals surface area contributed by atoms with Crippen LogP contribution in [0.5, 0.6) is 11.5 Å².